The van der Waals surface area contributed by atoms with E-state index in [2.05, 4.69) is 43.6 Å². The largest absolute Gasteiger partial charge is 0.462 e. The van der Waals surface area contributed by atoms with Gasteiger partial charge in [-0.05, 0) is 71.7 Å². The van der Waals surface area contributed by atoms with E-state index in [1.165, 1.54) is 4.88 Å². The summed E-state index contributed by atoms with van der Waals surface area (Å²) in [5.74, 6) is -0.273. The van der Waals surface area contributed by atoms with Crippen LogP contribution in [0, 0.1) is 0 Å². The standard InChI is InChI=1S/C18H27N3O2S2/c1-6-23-15(22)12-11-9-17(2,3)21-18(4,5)13(11)25-14(12)20-16(24)19-10-7-8-10/h10,21H,6-9H2,1-5H3,(H2,19,20,24). The highest BCUT2D eigenvalue weighted by Crippen LogP contribution is 2.45. The lowest BCUT2D eigenvalue weighted by Crippen LogP contribution is -2.55. The van der Waals surface area contributed by atoms with Gasteiger partial charge in [0.1, 0.15) is 5.00 Å². The Morgan fingerprint density at radius 2 is 2.04 bits per heavy atom. The number of carbonyl (C=O) groups excluding carboxylic acids is 1. The zero-order valence-corrected chi connectivity index (χ0v) is 17.2. The molecule has 138 valence electrons. The van der Waals surface area contributed by atoms with Crippen LogP contribution in [-0.4, -0.2) is 29.3 Å². The molecule has 1 aliphatic heterocycles. The monoisotopic (exact) mass is 381 g/mol. The minimum atomic E-state index is -0.273. The van der Waals surface area contributed by atoms with Gasteiger partial charge in [-0.2, -0.15) is 0 Å². The second-order valence-electron chi connectivity index (χ2n) is 8.02. The lowest BCUT2D eigenvalue weighted by atomic mass is 9.81. The number of thiocarbonyl (C=S) groups is 1. The summed E-state index contributed by atoms with van der Waals surface area (Å²) in [6.07, 6.45) is 3.08. The minimum Gasteiger partial charge on any atom is -0.462 e. The molecule has 0 saturated heterocycles. The molecule has 3 rings (SSSR count). The van der Waals surface area contributed by atoms with Gasteiger partial charge in [0.05, 0.1) is 12.2 Å². The van der Waals surface area contributed by atoms with Gasteiger partial charge >= 0.3 is 5.97 Å². The minimum absolute atomic E-state index is 0.0944. The fourth-order valence-electron chi connectivity index (χ4n) is 3.59. The molecule has 1 saturated carbocycles. The molecule has 0 atom stereocenters. The van der Waals surface area contributed by atoms with E-state index in [-0.39, 0.29) is 17.0 Å². The summed E-state index contributed by atoms with van der Waals surface area (Å²) in [6.45, 7) is 10.8. The topological polar surface area (TPSA) is 62.4 Å². The van der Waals surface area contributed by atoms with E-state index in [0.717, 1.165) is 29.8 Å². The van der Waals surface area contributed by atoms with Gasteiger partial charge < -0.3 is 20.7 Å². The Balaban J connectivity index is 2.00. The number of anilines is 1. The first-order chi connectivity index (χ1) is 11.6. The summed E-state index contributed by atoms with van der Waals surface area (Å²) in [7, 11) is 0. The number of fused-ring (bicyclic) bond motifs is 1. The molecule has 0 unspecified atom stereocenters. The maximum absolute atomic E-state index is 12.7. The van der Waals surface area contributed by atoms with Gasteiger partial charge in [-0.3, -0.25) is 0 Å². The van der Waals surface area contributed by atoms with Crippen LogP contribution in [0.4, 0.5) is 5.00 Å². The average molecular weight is 382 g/mol. The molecule has 2 heterocycles. The molecule has 0 spiro atoms. The Morgan fingerprint density at radius 1 is 1.36 bits per heavy atom. The molecule has 0 bridgehead atoms. The van der Waals surface area contributed by atoms with Crippen LogP contribution in [0.2, 0.25) is 0 Å². The van der Waals surface area contributed by atoms with Crippen molar-refractivity contribution < 1.29 is 9.53 Å². The molecule has 1 aliphatic carbocycles. The third-order valence-corrected chi connectivity index (χ3v) is 6.15. The lowest BCUT2D eigenvalue weighted by molar-refractivity contribution is 0.0526. The van der Waals surface area contributed by atoms with Crippen molar-refractivity contribution in [2.24, 2.45) is 0 Å². The van der Waals surface area contributed by atoms with E-state index >= 15 is 0 Å². The van der Waals surface area contributed by atoms with Crippen LogP contribution in [0.3, 0.4) is 0 Å². The fourth-order valence-corrected chi connectivity index (χ4v) is 5.19. The van der Waals surface area contributed by atoms with Gasteiger partial charge in [0.25, 0.3) is 0 Å². The molecular weight excluding hydrogens is 354 g/mol. The lowest BCUT2D eigenvalue weighted by Gasteiger charge is -2.42. The second-order valence-corrected chi connectivity index (χ2v) is 9.45. The quantitative estimate of drug-likeness (QED) is 0.548. The Bertz CT molecular complexity index is 705. The maximum atomic E-state index is 12.7. The molecule has 7 heteroatoms. The summed E-state index contributed by atoms with van der Waals surface area (Å²) in [5, 5.41) is 11.6. The predicted octanol–water partition coefficient (Wildman–Crippen LogP) is 3.53. The number of hydrogen-bond acceptors (Lipinski definition) is 5. The number of thiophene rings is 1. The smallest absolute Gasteiger partial charge is 0.341 e. The molecule has 0 amide bonds. The molecule has 3 N–H and O–H groups in total. The van der Waals surface area contributed by atoms with Crippen molar-refractivity contribution in [3.05, 3.63) is 16.0 Å². The number of rotatable bonds is 4. The number of carbonyl (C=O) groups is 1. The van der Waals surface area contributed by atoms with Crippen molar-refractivity contribution >= 4 is 39.6 Å². The van der Waals surface area contributed by atoms with E-state index < -0.39 is 0 Å². The van der Waals surface area contributed by atoms with Crippen LogP contribution in [0.5, 0.6) is 0 Å². The highest BCUT2D eigenvalue weighted by Gasteiger charge is 2.42. The Kier molecular flexibility index (Phi) is 4.85. The van der Waals surface area contributed by atoms with E-state index in [9.17, 15) is 4.79 Å². The zero-order chi connectivity index (χ0) is 18.4. The Morgan fingerprint density at radius 3 is 2.64 bits per heavy atom. The van der Waals surface area contributed by atoms with Crippen molar-refractivity contribution in [2.75, 3.05) is 11.9 Å². The van der Waals surface area contributed by atoms with Gasteiger partial charge in [-0.1, -0.05) is 0 Å². The zero-order valence-electron chi connectivity index (χ0n) is 15.5. The van der Waals surface area contributed by atoms with Crippen molar-refractivity contribution in [3.63, 3.8) is 0 Å². The van der Waals surface area contributed by atoms with E-state index in [1.54, 1.807) is 11.3 Å². The van der Waals surface area contributed by atoms with Gasteiger partial charge in [0, 0.05) is 22.0 Å². The molecular formula is C18H27N3O2S2. The van der Waals surface area contributed by atoms with Crippen molar-refractivity contribution in [3.8, 4) is 0 Å². The normalized spacial score (nSPS) is 20.5. The summed E-state index contributed by atoms with van der Waals surface area (Å²) >= 11 is 7.02. The first-order valence-electron chi connectivity index (χ1n) is 8.83. The highest BCUT2D eigenvalue weighted by molar-refractivity contribution is 7.80. The summed E-state index contributed by atoms with van der Waals surface area (Å²) < 4.78 is 5.35. The fraction of sp³-hybridized carbons (Fsp3) is 0.667. The van der Waals surface area contributed by atoms with Crippen LogP contribution < -0.4 is 16.0 Å². The number of esters is 1. The van der Waals surface area contributed by atoms with E-state index in [4.69, 9.17) is 17.0 Å². The molecule has 2 aliphatic rings. The van der Waals surface area contributed by atoms with Crippen LogP contribution in [0.1, 0.15) is 68.3 Å². The van der Waals surface area contributed by atoms with E-state index in [1.807, 2.05) is 6.92 Å². The second kappa shape index (κ2) is 6.52. The number of ether oxygens (including phenoxy) is 1. The first kappa shape index (κ1) is 18.6. The first-order valence-corrected chi connectivity index (χ1v) is 10.1. The predicted molar refractivity (Wildman–Crippen MR) is 107 cm³/mol. The molecule has 0 radical (unpaired) electrons. The van der Waals surface area contributed by atoms with Gasteiger partial charge in [-0.15, -0.1) is 11.3 Å². The van der Waals surface area contributed by atoms with Crippen LogP contribution in [-0.2, 0) is 16.7 Å². The highest BCUT2D eigenvalue weighted by atomic mass is 32.1. The summed E-state index contributed by atoms with van der Waals surface area (Å²) in [4.78, 5) is 13.9. The number of nitrogens with one attached hydrogen (secondary N) is 3. The molecule has 0 aromatic carbocycles. The molecule has 25 heavy (non-hydrogen) atoms. The molecule has 1 aromatic rings. The third-order valence-electron chi connectivity index (χ3n) is 4.46. The SMILES string of the molecule is CCOC(=O)c1c(NC(=S)NC2CC2)sc2c1CC(C)(C)NC2(C)C. The van der Waals surface area contributed by atoms with Crippen molar-refractivity contribution in [1.29, 1.82) is 0 Å². The third kappa shape index (κ3) is 3.99. The summed E-state index contributed by atoms with van der Waals surface area (Å²) in [6, 6.07) is 0.470. The Hall–Kier alpha value is -1.18. The van der Waals surface area contributed by atoms with E-state index in [0.29, 0.717) is 23.3 Å². The maximum Gasteiger partial charge on any atom is 0.341 e. The van der Waals surface area contributed by atoms with Gasteiger partial charge in [0.15, 0.2) is 5.11 Å². The molecule has 1 aromatic heterocycles. The number of hydrogen-bond donors (Lipinski definition) is 3. The van der Waals surface area contributed by atoms with Crippen molar-refractivity contribution in [2.45, 2.75) is 71.0 Å². The van der Waals surface area contributed by atoms with Crippen LogP contribution in [0.25, 0.3) is 0 Å². The average Bonchev–Trinajstić information content (AvgIpc) is 3.17. The summed E-state index contributed by atoms with van der Waals surface area (Å²) in [5.41, 5.74) is 1.41. The van der Waals surface area contributed by atoms with Crippen molar-refractivity contribution in [1.82, 2.24) is 10.6 Å². The van der Waals surface area contributed by atoms with Gasteiger partial charge in [0.2, 0.25) is 0 Å². The van der Waals surface area contributed by atoms with Gasteiger partial charge in [-0.25, -0.2) is 4.79 Å². The molecule has 1 fully saturated rings. The van der Waals surface area contributed by atoms with Crippen LogP contribution in [0.15, 0.2) is 0 Å². The Labute approximate surface area is 158 Å². The van der Waals surface area contributed by atoms with Crippen LogP contribution >= 0.6 is 23.6 Å². The molecule has 5 nitrogen and oxygen atoms in total.